The molecule has 0 heterocycles. The summed E-state index contributed by atoms with van der Waals surface area (Å²) >= 11 is 0. The predicted octanol–water partition coefficient (Wildman–Crippen LogP) is 13.9. The van der Waals surface area contributed by atoms with Crippen LogP contribution >= 0.6 is 0 Å². The molecule has 0 aromatic heterocycles. The molecule has 0 aliphatic heterocycles. The van der Waals surface area contributed by atoms with Crippen molar-refractivity contribution in [3.8, 4) is 11.1 Å². The Kier molecular flexibility index (Phi) is 9.52. The van der Waals surface area contributed by atoms with Crippen LogP contribution in [-0.4, -0.2) is 0 Å². The normalized spacial score (nSPS) is 11.8. The number of rotatable bonds is 9. The summed E-state index contributed by atoms with van der Waals surface area (Å²) in [6, 6.07) is 53.0. The zero-order valence-corrected chi connectivity index (χ0v) is 30.5. The molecule has 0 radical (unpaired) electrons. The van der Waals surface area contributed by atoms with Crippen molar-refractivity contribution in [2.45, 2.75) is 72.6 Å². The lowest BCUT2D eigenvalue weighted by atomic mass is 9.80. The molecule has 49 heavy (non-hydrogen) atoms. The maximum atomic E-state index is 2.35. The average molecular weight is 643 g/mol. The van der Waals surface area contributed by atoms with Gasteiger partial charge in [0.2, 0.25) is 0 Å². The first-order valence-electron chi connectivity index (χ1n) is 17.6. The van der Waals surface area contributed by atoms with Crippen molar-refractivity contribution in [3.63, 3.8) is 0 Å². The van der Waals surface area contributed by atoms with Crippen molar-refractivity contribution < 1.29 is 0 Å². The van der Waals surface area contributed by atoms with Gasteiger partial charge in [-0.1, -0.05) is 114 Å². The van der Waals surface area contributed by atoms with Gasteiger partial charge in [0.05, 0.1) is 0 Å². The number of nitrogens with zero attached hydrogens (tertiary/aromatic N) is 2. The Hall–Kier alpha value is -5.08. The molecule has 0 aliphatic carbocycles. The molecule has 0 atom stereocenters. The standard InChI is InChI=1S/C47H50N2/c1-9-47(7,8)45-31-29-43(33-35(45)3)49(39-18-14-11-15-19-39)41-26-22-37(23-27-41)36-20-24-40(25-21-36)48(38-16-12-10-13-17-38)42-28-30-44(34(2)32-42)46(4,5)6/h10-33H,9H2,1-8H3. The molecule has 0 aliphatic rings. The van der Waals surface area contributed by atoms with Crippen molar-refractivity contribution in [1.82, 2.24) is 0 Å². The molecule has 2 nitrogen and oxygen atoms in total. The Morgan fingerprint density at radius 3 is 1.10 bits per heavy atom. The van der Waals surface area contributed by atoms with Gasteiger partial charge < -0.3 is 9.80 Å². The van der Waals surface area contributed by atoms with Gasteiger partial charge in [-0.05, 0) is 137 Å². The summed E-state index contributed by atoms with van der Waals surface area (Å²) in [6.07, 6.45) is 1.10. The minimum atomic E-state index is 0.102. The Morgan fingerprint density at radius 1 is 0.408 bits per heavy atom. The average Bonchev–Trinajstić information content (AvgIpc) is 3.09. The fraction of sp³-hybridized carbons (Fsp3) is 0.234. The number of hydrogen-bond acceptors (Lipinski definition) is 2. The lowest BCUT2D eigenvalue weighted by molar-refractivity contribution is 0.503. The van der Waals surface area contributed by atoms with Crippen LogP contribution in [0, 0.1) is 13.8 Å². The third kappa shape index (κ3) is 7.20. The largest absolute Gasteiger partial charge is 0.310 e. The highest BCUT2D eigenvalue weighted by Gasteiger charge is 2.22. The van der Waals surface area contributed by atoms with Crippen LogP contribution in [0.15, 0.2) is 146 Å². The van der Waals surface area contributed by atoms with E-state index in [2.05, 4.69) is 211 Å². The monoisotopic (exact) mass is 642 g/mol. The molecule has 248 valence electrons. The van der Waals surface area contributed by atoms with Crippen molar-refractivity contribution >= 4 is 34.1 Å². The van der Waals surface area contributed by atoms with Crippen LogP contribution < -0.4 is 9.80 Å². The second kappa shape index (κ2) is 13.8. The van der Waals surface area contributed by atoms with Gasteiger partial charge in [-0.25, -0.2) is 0 Å². The minimum absolute atomic E-state index is 0.102. The summed E-state index contributed by atoms with van der Waals surface area (Å²) in [7, 11) is 0. The van der Waals surface area contributed by atoms with Gasteiger partial charge in [0.25, 0.3) is 0 Å². The summed E-state index contributed by atoms with van der Waals surface area (Å²) in [5.74, 6) is 0. The highest BCUT2D eigenvalue weighted by atomic mass is 15.1. The number of benzene rings is 6. The molecule has 0 saturated carbocycles. The van der Waals surface area contributed by atoms with Gasteiger partial charge in [0.15, 0.2) is 0 Å². The van der Waals surface area contributed by atoms with E-state index < -0.39 is 0 Å². The van der Waals surface area contributed by atoms with Gasteiger partial charge in [-0.15, -0.1) is 0 Å². The summed E-state index contributed by atoms with van der Waals surface area (Å²) in [5, 5.41) is 0. The Labute approximate surface area is 294 Å². The zero-order valence-electron chi connectivity index (χ0n) is 30.5. The summed E-state index contributed by atoms with van der Waals surface area (Å²) in [4.78, 5) is 4.70. The maximum absolute atomic E-state index is 2.35. The third-order valence-electron chi connectivity index (χ3n) is 9.97. The number of para-hydroxylation sites is 2. The van der Waals surface area contributed by atoms with E-state index >= 15 is 0 Å². The number of hydrogen-bond donors (Lipinski definition) is 0. The molecule has 0 amide bonds. The minimum Gasteiger partial charge on any atom is -0.310 e. The quantitative estimate of drug-likeness (QED) is 0.155. The molecule has 0 bridgehead atoms. The van der Waals surface area contributed by atoms with E-state index in [1.165, 1.54) is 39.1 Å². The predicted molar refractivity (Wildman–Crippen MR) is 213 cm³/mol. The molecule has 0 N–H and O–H groups in total. The first-order valence-corrected chi connectivity index (χ1v) is 17.6. The first kappa shape index (κ1) is 33.8. The highest BCUT2D eigenvalue weighted by molar-refractivity contribution is 5.81. The molecular formula is C47H50N2. The van der Waals surface area contributed by atoms with Crippen LogP contribution in [0.2, 0.25) is 0 Å². The second-order valence-electron chi connectivity index (χ2n) is 14.9. The molecule has 0 saturated heterocycles. The van der Waals surface area contributed by atoms with Gasteiger partial charge in [-0.2, -0.15) is 0 Å². The van der Waals surface area contributed by atoms with E-state index in [-0.39, 0.29) is 10.8 Å². The highest BCUT2D eigenvalue weighted by Crippen LogP contribution is 2.40. The summed E-state index contributed by atoms with van der Waals surface area (Å²) in [6.45, 7) is 18.2. The van der Waals surface area contributed by atoms with Crippen LogP contribution in [0.25, 0.3) is 11.1 Å². The number of aryl methyl sites for hydroxylation is 2. The van der Waals surface area contributed by atoms with Crippen molar-refractivity contribution in [1.29, 1.82) is 0 Å². The van der Waals surface area contributed by atoms with Crippen LogP contribution in [0.3, 0.4) is 0 Å². The summed E-state index contributed by atoms with van der Waals surface area (Å²) in [5.41, 5.74) is 14.9. The molecule has 0 fully saturated rings. The van der Waals surface area contributed by atoms with Gasteiger partial charge >= 0.3 is 0 Å². The molecule has 0 spiro atoms. The van der Waals surface area contributed by atoms with Crippen LogP contribution in [0.1, 0.15) is 70.2 Å². The Morgan fingerprint density at radius 2 is 0.755 bits per heavy atom. The fourth-order valence-corrected chi connectivity index (χ4v) is 7.02. The van der Waals surface area contributed by atoms with E-state index in [1.807, 2.05) is 0 Å². The van der Waals surface area contributed by atoms with Crippen molar-refractivity contribution in [2.24, 2.45) is 0 Å². The maximum Gasteiger partial charge on any atom is 0.0464 e. The first-order chi connectivity index (χ1) is 23.5. The smallest absolute Gasteiger partial charge is 0.0464 e. The zero-order chi connectivity index (χ0) is 34.8. The van der Waals surface area contributed by atoms with Crippen molar-refractivity contribution in [2.75, 3.05) is 9.80 Å². The molecular weight excluding hydrogens is 593 g/mol. The van der Waals surface area contributed by atoms with Crippen LogP contribution in [0.5, 0.6) is 0 Å². The van der Waals surface area contributed by atoms with Gasteiger partial charge in [-0.3, -0.25) is 0 Å². The molecule has 2 heteroatoms. The lowest BCUT2D eigenvalue weighted by Crippen LogP contribution is -2.18. The Balaban J connectivity index is 1.32. The Bertz CT molecular complexity index is 2000. The second-order valence-corrected chi connectivity index (χ2v) is 14.9. The molecule has 6 rings (SSSR count). The fourth-order valence-electron chi connectivity index (χ4n) is 7.02. The SMILES string of the molecule is CCC(C)(C)c1ccc(N(c2ccccc2)c2ccc(-c3ccc(N(c4ccccc4)c4ccc(C(C)(C)C)c(C)c4)cc3)cc2)cc1C. The van der Waals surface area contributed by atoms with Gasteiger partial charge in [0, 0.05) is 34.1 Å². The van der Waals surface area contributed by atoms with E-state index in [9.17, 15) is 0 Å². The van der Waals surface area contributed by atoms with E-state index in [0.29, 0.717) is 0 Å². The van der Waals surface area contributed by atoms with Crippen LogP contribution in [-0.2, 0) is 10.8 Å². The molecule has 0 unspecified atom stereocenters. The van der Waals surface area contributed by atoms with Gasteiger partial charge in [0.1, 0.15) is 0 Å². The lowest BCUT2D eigenvalue weighted by Gasteiger charge is -2.29. The third-order valence-corrected chi connectivity index (χ3v) is 9.97. The molecule has 6 aromatic carbocycles. The van der Waals surface area contributed by atoms with E-state index in [0.717, 1.165) is 34.9 Å². The van der Waals surface area contributed by atoms with Crippen LogP contribution in [0.4, 0.5) is 34.1 Å². The van der Waals surface area contributed by atoms with Crippen molar-refractivity contribution in [3.05, 3.63) is 168 Å². The van der Waals surface area contributed by atoms with E-state index in [1.54, 1.807) is 0 Å². The topological polar surface area (TPSA) is 6.48 Å². The summed E-state index contributed by atoms with van der Waals surface area (Å²) < 4.78 is 0. The van der Waals surface area contributed by atoms with E-state index in [4.69, 9.17) is 0 Å². The molecule has 6 aromatic rings. The number of anilines is 6.